The molecule has 87 heavy (non-hydrogen) atoms. The van der Waals surface area contributed by atoms with Crippen LogP contribution in [0.2, 0.25) is 0 Å². The Labute approximate surface area is 511 Å². The van der Waals surface area contributed by atoms with Crippen LogP contribution in [0.5, 0.6) is 0 Å². The summed E-state index contributed by atoms with van der Waals surface area (Å²) in [4.78, 5) is 149. The third kappa shape index (κ3) is 12.0. The molecule has 1 saturated carbocycles. The fraction of sp³-hybridized carbons (Fsp3) is 0.500. The maximum atomic E-state index is 14.2. The minimum atomic E-state index is -1.89. The molecule has 2 aromatic carbocycles. The number of fused-ring (bicyclic) bond motifs is 10. The van der Waals surface area contributed by atoms with Crippen LogP contribution in [0.15, 0.2) is 72.8 Å². The molecule has 8 heterocycles. The van der Waals surface area contributed by atoms with Crippen LogP contribution in [0, 0.1) is 35.5 Å². The average Bonchev–Trinajstić information content (AvgIpc) is 1.72. The highest BCUT2D eigenvalue weighted by Gasteiger charge is 2.61. The van der Waals surface area contributed by atoms with E-state index in [4.69, 9.17) is 33.7 Å². The molecule has 1 aliphatic carbocycles. The zero-order valence-corrected chi connectivity index (χ0v) is 50.6. The quantitative estimate of drug-likeness (QED) is 0.0434. The molecule has 4 aromatic rings. The number of pyridine rings is 2. The number of thioether (sulfide) groups is 2. The molecule has 8 unspecified atom stereocenters. The summed E-state index contributed by atoms with van der Waals surface area (Å²) in [6.45, 7) is 5.95. The van der Waals surface area contributed by atoms with Crippen molar-refractivity contribution in [2.24, 2.45) is 35.5 Å². The maximum absolute atomic E-state index is 14.2. The monoisotopic (exact) mass is 1230 g/mol. The summed E-state index contributed by atoms with van der Waals surface area (Å²) in [6, 6.07) is 19.3. The number of para-hydroxylation sites is 2. The molecule has 4 amide bonds. The summed E-state index contributed by atoms with van der Waals surface area (Å²) in [6.07, 6.45) is 5.72. The molecule has 7 aliphatic rings. The first-order chi connectivity index (χ1) is 41.9. The second-order valence-corrected chi connectivity index (χ2v) is 25.9. The van der Waals surface area contributed by atoms with Crippen molar-refractivity contribution >= 4 is 116 Å². The highest BCUT2D eigenvalue weighted by Crippen LogP contribution is 2.50. The number of rotatable bonds is 25. The van der Waals surface area contributed by atoms with E-state index in [1.54, 1.807) is 41.5 Å². The van der Waals surface area contributed by atoms with E-state index in [1.165, 1.54) is 18.7 Å². The van der Waals surface area contributed by atoms with E-state index in [0.29, 0.717) is 41.5 Å². The van der Waals surface area contributed by atoms with Gasteiger partial charge in [-0.05, 0) is 75.4 Å². The van der Waals surface area contributed by atoms with Crippen molar-refractivity contribution in [2.75, 3.05) is 51.0 Å². The summed E-state index contributed by atoms with van der Waals surface area (Å²) in [5.74, 6) is -9.28. The molecule has 0 radical (unpaired) electrons. The molecule has 458 valence electrons. The number of ketones is 2. The third-order valence-corrected chi connectivity index (χ3v) is 21.4. The maximum Gasteiger partial charge on any atom is 0.351 e. The van der Waals surface area contributed by atoms with Crippen molar-refractivity contribution in [3.8, 4) is 0 Å². The van der Waals surface area contributed by atoms with E-state index in [9.17, 15) is 47.9 Å². The number of nitrogens with zero attached hydrogens (tertiary/aromatic N) is 4. The topological polar surface area (TPSA) is 273 Å². The first kappa shape index (κ1) is 61.2. The van der Waals surface area contributed by atoms with E-state index in [-0.39, 0.29) is 111 Å². The SMILES string of the molecule is CCC(CSC1CCC1SCC(CC(=O)CCOCCC(C)=O)C(=O)NCC(=O)O[C@]1(CC)C(=O)OCC2C(=O)N3Cc4cc5ccccc5nc4C3=CC21)C(=O)NCC(=O)O[C@]1(CC)C(=O)OCC2C(=O)N3Cc4cc5ccccc5nc4C3=CC21. The first-order valence-corrected chi connectivity index (χ1v) is 32.1. The average molecular weight is 1230 g/mol. The zero-order valence-electron chi connectivity index (χ0n) is 49.0. The zero-order chi connectivity index (χ0) is 61.3. The predicted molar refractivity (Wildman–Crippen MR) is 320 cm³/mol. The smallest absolute Gasteiger partial charge is 0.351 e. The third-order valence-electron chi connectivity index (χ3n) is 18.1. The Morgan fingerprint density at radius 1 is 0.655 bits per heavy atom. The largest absolute Gasteiger partial charge is 0.462 e. The number of ether oxygens (including phenoxy) is 5. The molecule has 23 heteroatoms. The molecule has 3 fully saturated rings. The standard InChI is InChI=1S/C64H70N6O15S2/c1-5-36(57(75)65-27-53(73)84-63(6-2)45-25-49-55-39(22-37-12-8-10-14-47(37)67-55)29-69(49)59(77)43(45)31-82-61(63)79)33-86-51-16-17-52(51)87-34-41(24-42(72)19-21-81-20-18-35(4)71)58(76)66-28-54(74)85-64(7-3)46-26-50-56-40(23-38-13-9-11-15-48(38)68-56)30-70(50)60(78)44(46)32-83-62(64)80/h8-15,22-23,25-26,36,41,43-46,51-52H,5-7,16-21,24,27-34H2,1-4H3,(H,65,75)(H,66,76)/t36?,41?,43?,44?,45?,46?,51?,52?,63-,64-/m0/s1. The number of hydrogen-bond acceptors (Lipinski definition) is 19. The van der Waals surface area contributed by atoms with Gasteiger partial charge in [-0.2, -0.15) is 23.5 Å². The number of esters is 4. The number of aromatic nitrogens is 2. The number of benzene rings is 2. The van der Waals surface area contributed by atoms with E-state index in [0.717, 1.165) is 45.8 Å². The van der Waals surface area contributed by atoms with Gasteiger partial charge in [0, 0.05) is 80.9 Å². The Balaban J connectivity index is 0.695. The van der Waals surface area contributed by atoms with Gasteiger partial charge in [-0.1, -0.05) is 57.2 Å². The summed E-state index contributed by atoms with van der Waals surface area (Å²) in [5.41, 5.74) is 1.81. The second kappa shape index (κ2) is 25.7. The Morgan fingerprint density at radius 3 is 1.57 bits per heavy atom. The minimum Gasteiger partial charge on any atom is -0.462 e. The fourth-order valence-corrected chi connectivity index (χ4v) is 16.3. The van der Waals surface area contributed by atoms with Crippen molar-refractivity contribution in [1.82, 2.24) is 30.4 Å². The van der Waals surface area contributed by atoms with Crippen LogP contribution in [0.1, 0.15) is 102 Å². The van der Waals surface area contributed by atoms with Crippen LogP contribution in [-0.2, 0) is 84.7 Å². The summed E-state index contributed by atoms with van der Waals surface area (Å²) in [5, 5.41) is 7.37. The number of carbonyl (C=O) groups is 10. The molecule has 2 saturated heterocycles. The molecule has 21 nitrogen and oxygen atoms in total. The van der Waals surface area contributed by atoms with Gasteiger partial charge in [-0.3, -0.25) is 38.4 Å². The number of nitrogens with one attached hydrogen (secondary N) is 2. The van der Waals surface area contributed by atoms with Crippen LogP contribution >= 0.6 is 23.5 Å². The highest BCUT2D eigenvalue weighted by atomic mass is 32.2. The molecule has 10 atom stereocenters. The van der Waals surface area contributed by atoms with Crippen LogP contribution in [-0.4, -0.2) is 152 Å². The summed E-state index contributed by atoms with van der Waals surface area (Å²) in [7, 11) is 0. The van der Waals surface area contributed by atoms with Crippen molar-refractivity contribution in [2.45, 2.75) is 114 Å². The Hall–Kier alpha value is -7.50. The van der Waals surface area contributed by atoms with Crippen LogP contribution in [0.4, 0.5) is 0 Å². The van der Waals surface area contributed by atoms with E-state index >= 15 is 0 Å². The van der Waals surface area contributed by atoms with Gasteiger partial charge in [0.1, 0.15) is 37.9 Å². The number of hydrogen-bond donors (Lipinski definition) is 2. The predicted octanol–water partition coefficient (Wildman–Crippen LogP) is 6.06. The summed E-state index contributed by atoms with van der Waals surface area (Å²) < 4.78 is 28.7. The molecular formula is C64H70N6O15S2. The molecular weight excluding hydrogens is 1160 g/mol. The molecule has 0 bridgehead atoms. The Bertz CT molecular complexity index is 3560. The minimum absolute atomic E-state index is 0.00352. The molecule has 0 spiro atoms. The van der Waals surface area contributed by atoms with Gasteiger partial charge in [0.25, 0.3) is 0 Å². The molecule has 2 N–H and O–H groups in total. The van der Waals surface area contributed by atoms with Crippen molar-refractivity contribution in [3.05, 3.63) is 95.3 Å². The van der Waals surface area contributed by atoms with Gasteiger partial charge < -0.3 is 44.1 Å². The Morgan fingerprint density at radius 2 is 1.11 bits per heavy atom. The Kier molecular flexibility index (Phi) is 18.1. The van der Waals surface area contributed by atoms with E-state index in [2.05, 4.69) is 10.6 Å². The lowest BCUT2D eigenvalue weighted by Crippen LogP contribution is -2.61. The molecule has 11 rings (SSSR count). The van der Waals surface area contributed by atoms with Crippen LogP contribution in [0.25, 0.3) is 33.2 Å². The highest BCUT2D eigenvalue weighted by molar-refractivity contribution is 8.04. The number of Topliss-reactive ketones (excluding diaryl/α,β-unsaturated/α-hetero) is 2. The number of carbonyl (C=O) groups excluding carboxylic acids is 10. The van der Waals surface area contributed by atoms with E-state index < -0.39 is 89.6 Å². The van der Waals surface area contributed by atoms with Gasteiger partial charge in [0.15, 0.2) is 0 Å². The van der Waals surface area contributed by atoms with Gasteiger partial charge in [0.2, 0.25) is 34.8 Å². The molecule has 2 aromatic heterocycles. The normalized spacial score (nSPS) is 25.6. The lowest BCUT2D eigenvalue weighted by atomic mass is 9.72. The molecule has 6 aliphatic heterocycles. The van der Waals surface area contributed by atoms with Gasteiger partial charge in [-0.15, -0.1) is 0 Å². The van der Waals surface area contributed by atoms with Gasteiger partial charge >= 0.3 is 23.9 Å². The van der Waals surface area contributed by atoms with Gasteiger partial charge in [-0.25, -0.2) is 19.6 Å². The van der Waals surface area contributed by atoms with Crippen LogP contribution in [0.3, 0.4) is 0 Å². The van der Waals surface area contributed by atoms with Crippen molar-refractivity contribution in [1.29, 1.82) is 0 Å². The van der Waals surface area contributed by atoms with E-state index in [1.807, 2.05) is 73.7 Å². The van der Waals surface area contributed by atoms with Crippen molar-refractivity contribution in [3.63, 3.8) is 0 Å². The fourth-order valence-electron chi connectivity index (χ4n) is 12.9. The first-order valence-electron chi connectivity index (χ1n) is 30.0. The lowest BCUT2D eigenvalue weighted by Gasteiger charge is -2.46. The number of amides is 4. The van der Waals surface area contributed by atoms with Gasteiger partial charge in [0.05, 0.1) is 77.9 Å². The second-order valence-electron chi connectivity index (χ2n) is 23.3. The lowest BCUT2D eigenvalue weighted by molar-refractivity contribution is -0.204. The number of cyclic esters (lactones) is 2. The van der Waals surface area contributed by atoms with Crippen LogP contribution < -0.4 is 10.6 Å². The summed E-state index contributed by atoms with van der Waals surface area (Å²) >= 11 is 3.12. The van der Waals surface area contributed by atoms with Crippen molar-refractivity contribution < 1.29 is 71.6 Å².